The normalized spacial score (nSPS) is 16.5. The lowest BCUT2D eigenvalue weighted by Gasteiger charge is -2.37. The highest BCUT2D eigenvalue weighted by Crippen LogP contribution is 2.40. The van der Waals surface area contributed by atoms with Crippen LogP contribution in [0.25, 0.3) is 0 Å². The minimum absolute atomic E-state index is 0.0991. The van der Waals surface area contributed by atoms with E-state index < -0.39 is 17.4 Å². The number of carboxylic acids is 1. The maximum absolute atomic E-state index is 11.3. The Labute approximate surface area is 98.9 Å². The van der Waals surface area contributed by atoms with Crippen LogP contribution in [-0.2, 0) is 9.59 Å². The van der Waals surface area contributed by atoms with Crippen molar-refractivity contribution >= 4 is 17.9 Å². The van der Waals surface area contributed by atoms with Gasteiger partial charge in [-0.2, -0.15) is 0 Å². The Balaban J connectivity index is 2.28. The number of carbonyl (C=O) groups excluding carboxylic acids is 2. The molecular weight excluding hydrogens is 226 g/mol. The standard InChI is InChI=1S/C10H17N3O4/c1-11-7(14)5-12-9(17)13-6-10(8(15)16)3-2-4-10/h2-6H2,1H3,(H,11,14)(H,15,16)(H2,12,13,17). The Morgan fingerprint density at radius 1 is 1.24 bits per heavy atom. The molecule has 4 N–H and O–H groups in total. The van der Waals surface area contributed by atoms with Crippen LogP contribution in [-0.4, -0.2) is 43.2 Å². The summed E-state index contributed by atoms with van der Waals surface area (Å²) in [7, 11) is 1.47. The summed E-state index contributed by atoms with van der Waals surface area (Å²) in [5.41, 5.74) is -0.815. The highest BCUT2D eigenvalue weighted by atomic mass is 16.4. The number of urea groups is 1. The number of aliphatic carboxylic acids is 1. The number of hydrogen-bond acceptors (Lipinski definition) is 3. The van der Waals surface area contributed by atoms with Gasteiger partial charge in [0.1, 0.15) is 0 Å². The first-order valence-corrected chi connectivity index (χ1v) is 5.46. The summed E-state index contributed by atoms with van der Waals surface area (Å²) in [6.45, 7) is -0.0235. The fourth-order valence-electron chi connectivity index (χ4n) is 1.63. The Bertz CT molecular complexity index is 326. The molecule has 0 saturated heterocycles. The van der Waals surface area contributed by atoms with Crippen LogP contribution in [0.3, 0.4) is 0 Å². The van der Waals surface area contributed by atoms with Crippen molar-refractivity contribution in [3.63, 3.8) is 0 Å². The largest absolute Gasteiger partial charge is 0.481 e. The summed E-state index contributed by atoms with van der Waals surface area (Å²) in [4.78, 5) is 33.1. The van der Waals surface area contributed by atoms with Crippen molar-refractivity contribution in [2.75, 3.05) is 20.1 Å². The summed E-state index contributed by atoms with van der Waals surface area (Å²) < 4.78 is 0. The molecule has 17 heavy (non-hydrogen) atoms. The predicted octanol–water partition coefficient (Wildman–Crippen LogP) is -0.713. The SMILES string of the molecule is CNC(=O)CNC(=O)NCC1(C(=O)O)CCC1. The summed E-state index contributed by atoms with van der Waals surface area (Å²) in [5.74, 6) is -1.19. The number of amides is 3. The molecule has 0 radical (unpaired) electrons. The zero-order chi connectivity index (χ0) is 12.9. The van der Waals surface area contributed by atoms with E-state index in [1.165, 1.54) is 7.05 Å². The average Bonchev–Trinajstić information content (AvgIpc) is 2.23. The molecule has 3 amide bonds. The molecule has 0 spiro atoms. The average molecular weight is 243 g/mol. The van der Waals surface area contributed by atoms with Gasteiger partial charge in [0.15, 0.2) is 0 Å². The quantitative estimate of drug-likeness (QED) is 0.511. The number of carbonyl (C=O) groups is 3. The third-order valence-corrected chi connectivity index (χ3v) is 3.04. The molecule has 7 nitrogen and oxygen atoms in total. The van der Waals surface area contributed by atoms with Crippen molar-refractivity contribution in [1.29, 1.82) is 0 Å². The van der Waals surface area contributed by atoms with E-state index in [0.717, 1.165) is 6.42 Å². The fourth-order valence-corrected chi connectivity index (χ4v) is 1.63. The second kappa shape index (κ2) is 5.51. The van der Waals surface area contributed by atoms with E-state index in [0.29, 0.717) is 12.8 Å². The van der Waals surface area contributed by atoms with Crippen LogP contribution in [0.15, 0.2) is 0 Å². The van der Waals surface area contributed by atoms with Gasteiger partial charge in [0.25, 0.3) is 0 Å². The molecule has 0 aromatic carbocycles. The zero-order valence-corrected chi connectivity index (χ0v) is 9.71. The topological polar surface area (TPSA) is 108 Å². The van der Waals surface area contributed by atoms with Crippen molar-refractivity contribution in [3.8, 4) is 0 Å². The van der Waals surface area contributed by atoms with E-state index in [1.54, 1.807) is 0 Å². The lowest BCUT2D eigenvalue weighted by molar-refractivity contribution is -0.153. The van der Waals surface area contributed by atoms with Crippen LogP contribution < -0.4 is 16.0 Å². The summed E-state index contributed by atoms with van der Waals surface area (Å²) >= 11 is 0. The van der Waals surface area contributed by atoms with Gasteiger partial charge in [-0.1, -0.05) is 6.42 Å². The van der Waals surface area contributed by atoms with Crippen LogP contribution in [0.1, 0.15) is 19.3 Å². The molecule has 7 heteroatoms. The van der Waals surface area contributed by atoms with E-state index in [1.807, 2.05) is 0 Å². The van der Waals surface area contributed by atoms with Crippen molar-refractivity contribution in [2.24, 2.45) is 5.41 Å². The first-order valence-electron chi connectivity index (χ1n) is 5.46. The van der Waals surface area contributed by atoms with Crippen LogP contribution in [0.4, 0.5) is 4.79 Å². The lowest BCUT2D eigenvalue weighted by atomic mass is 9.69. The Morgan fingerprint density at radius 3 is 2.29 bits per heavy atom. The Hall–Kier alpha value is -1.79. The van der Waals surface area contributed by atoms with Gasteiger partial charge in [-0.25, -0.2) is 4.79 Å². The van der Waals surface area contributed by atoms with Gasteiger partial charge in [0.2, 0.25) is 5.91 Å². The van der Waals surface area contributed by atoms with Crippen molar-refractivity contribution in [3.05, 3.63) is 0 Å². The second-order valence-corrected chi connectivity index (χ2v) is 4.15. The molecule has 0 heterocycles. The summed E-state index contributed by atoms with van der Waals surface area (Å²) in [6, 6.07) is -0.527. The second-order valence-electron chi connectivity index (χ2n) is 4.15. The molecule has 0 aromatic rings. The Morgan fingerprint density at radius 2 is 1.88 bits per heavy atom. The molecule has 1 rings (SSSR count). The maximum Gasteiger partial charge on any atom is 0.315 e. The molecule has 0 unspecified atom stereocenters. The van der Waals surface area contributed by atoms with Gasteiger partial charge in [0.05, 0.1) is 12.0 Å². The molecule has 1 aliphatic carbocycles. The molecule has 0 bridgehead atoms. The molecular formula is C10H17N3O4. The third-order valence-electron chi connectivity index (χ3n) is 3.04. The van der Waals surface area contributed by atoms with Crippen molar-refractivity contribution in [1.82, 2.24) is 16.0 Å². The molecule has 0 atom stereocenters. The monoisotopic (exact) mass is 243 g/mol. The summed E-state index contributed by atoms with van der Waals surface area (Å²) in [5, 5.41) is 16.2. The molecule has 1 fully saturated rings. The van der Waals surface area contributed by atoms with Crippen LogP contribution in [0.5, 0.6) is 0 Å². The molecule has 96 valence electrons. The van der Waals surface area contributed by atoms with Gasteiger partial charge in [-0.3, -0.25) is 9.59 Å². The number of nitrogens with one attached hydrogen (secondary N) is 3. The number of likely N-dealkylation sites (N-methyl/N-ethyl adjacent to an activating group) is 1. The highest BCUT2D eigenvalue weighted by molar-refractivity contribution is 5.84. The van der Waals surface area contributed by atoms with Crippen LogP contribution in [0.2, 0.25) is 0 Å². The van der Waals surface area contributed by atoms with Gasteiger partial charge in [-0.15, -0.1) is 0 Å². The van der Waals surface area contributed by atoms with Crippen molar-refractivity contribution in [2.45, 2.75) is 19.3 Å². The van der Waals surface area contributed by atoms with E-state index >= 15 is 0 Å². The van der Waals surface area contributed by atoms with E-state index in [9.17, 15) is 14.4 Å². The number of carboxylic acid groups (broad SMARTS) is 1. The zero-order valence-electron chi connectivity index (χ0n) is 9.71. The number of hydrogen-bond donors (Lipinski definition) is 4. The van der Waals surface area contributed by atoms with E-state index in [-0.39, 0.29) is 19.0 Å². The fraction of sp³-hybridized carbons (Fsp3) is 0.700. The molecule has 0 aromatic heterocycles. The van der Waals surface area contributed by atoms with E-state index in [4.69, 9.17) is 5.11 Å². The minimum atomic E-state index is -0.879. The third kappa shape index (κ3) is 3.33. The van der Waals surface area contributed by atoms with E-state index in [2.05, 4.69) is 16.0 Å². The first kappa shape index (κ1) is 13.3. The first-order chi connectivity index (χ1) is 8.00. The van der Waals surface area contributed by atoms with Gasteiger partial charge in [-0.05, 0) is 12.8 Å². The minimum Gasteiger partial charge on any atom is -0.481 e. The maximum atomic E-state index is 11.3. The molecule has 1 aliphatic rings. The number of rotatable bonds is 5. The van der Waals surface area contributed by atoms with Crippen LogP contribution >= 0.6 is 0 Å². The molecule has 0 aliphatic heterocycles. The van der Waals surface area contributed by atoms with Crippen molar-refractivity contribution < 1.29 is 19.5 Å². The summed E-state index contributed by atoms with van der Waals surface area (Å²) in [6.07, 6.45) is 2.03. The smallest absolute Gasteiger partial charge is 0.315 e. The highest BCUT2D eigenvalue weighted by Gasteiger charge is 2.44. The predicted molar refractivity (Wildman–Crippen MR) is 59.4 cm³/mol. The van der Waals surface area contributed by atoms with Gasteiger partial charge < -0.3 is 21.1 Å². The van der Waals surface area contributed by atoms with Gasteiger partial charge in [0, 0.05) is 13.6 Å². The lowest BCUT2D eigenvalue weighted by Crippen LogP contribution is -2.50. The van der Waals surface area contributed by atoms with Gasteiger partial charge >= 0.3 is 12.0 Å². The van der Waals surface area contributed by atoms with Crippen LogP contribution in [0, 0.1) is 5.41 Å². The molecule has 1 saturated carbocycles. The Kier molecular flexibility index (Phi) is 4.30.